The summed E-state index contributed by atoms with van der Waals surface area (Å²) in [5.41, 5.74) is 1.98. The van der Waals surface area contributed by atoms with E-state index in [0.717, 1.165) is 16.9 Å². The fourth-order valence-electron chi connectivity index (χ4n) is 2.13. The van der Waals surface area contributed by atoms with Gasteiger partial charge in [-0.3, -0.25) is 4.79 Å². The van der Waals surface area contributed by atoms with Crippen LogP contribution in [0.3, 0.4) is 0 Å². The summed E-state index contributed by atoms with van der Waals surface area (Å²) in [4.78, 5) is 12.3. The number of carbonyl (C=O) groups excluding carboxylic acids is 1. The number of ether oxygens (including phenoxy) is 2. The molecule has 0 aliphatic heterocycles. The summed E-state index contributed by atoms with van der Waals surface area (Å²) in [7, 11) is 1.59. The third-order valence-corrected chi connectivity index (χ3v) is 3.34. The van der Waals surface area contributed by atoms with Crippen molar-refractivity contribution in [3.63, 3.8) is 0 Å². The third-order valence-electron chi connectivity index (χ3n) is 3.34. The van der Waals surface area contributed by atoms with E-state index < -0.39 is 5.91 Å². The lowest BCUT2D eigenvalue weighted by Gasteiger charge is -2.18. The number of carbonyl (C=O) groups is 1. The Morgan fingerprint density at radius 2 is 2.21 bits per heavy atom. The summed E-state index contributed by atoms with van der Waals surface area (Å²) < 4.78 is 10.5. The molecule has 0 heterocycles. The van der Waals surface area contributed by atoms with Gasteiger partial charge in [-0.05, 0) is 26.8 Å². The minimum absolute atomic E-state index is 0.0172. The molecule has 0 saturated heterocycles. The predicted octanol–water partition coefficient (Wildman–Crippen LogP) is 2.21. The SMILES string of the molecule is CCOc1ccc(C)cc1C(C)NC(=O)/C(C#N)=C\NCCOC. The lowest BCUT2D eigenvalue weighted by molar-refractivity contribution is -0.117. The molecule has 1 amide bonds. The highest BCUT2D eigenvalue weighted by molar-refractivity contribution is 5.97. The van der Waals surface area contributed by atoms with Gasteiger partial charge in [0.05, 0.1) is 19.3 Å². The van der Waals surface area contributed by atoms with Crippen molar-refractivity contribution >= 4 is 5.91 Å². The van der Waals surface area contributed by atoms with Crippen LogP contribution in [0.25, 0.3) is 0 Å². The maximum Gasteiger partial charge on any atom is 0.263 e. The maximum atomic E-state index is 12.3. The lowest BCUT2D eigenvalue weighted by Crippen LogP contribution is -2.29. The monoisotopic (exact) mass is 331 g/mol. The number of aryl methyl sites for hydroxylation is 1. The summed E-state index contributed by atoms with van der Waals surface area (Å²) in [5, 5.41) is 14.9. The Morgan fingerprint density at radius 1 is 1.46 bits per heavy atom. The number of rotatable bonds is 9. The molecule has 24 heavy (non-hydrogen) atoms. The molecule has 0 aliphatic rings. The van der Waals surface area contributed by atoms with Gasteiger partial charge in [-0.25, -0.2) is 0 Å². The standard InChI is InChI=1S/C18H25N3O3/c1-5-24-17-7-6-13(2)10-16(17)14(3)21-18(22)15(11-19)12-20-8-9-23-4/h6-7,10,12,14,20H,5,8-9H2,1-4H3,(H,21,22)/b15-12-. The first-order valence-electron chi connectivity index (χ1n) is 7.90. The molecule has 6 heteroatoms. The Labute approximate surface area is 143 Å². The van der Waals surface area contributed by atoms with Crippen molar-refractivity contribution in [3.8, 4) is 11.8 Å². The van der Waals surface area contributed by atoms with Gasteiger partial charge < -0.3 is 20.1 Å². The normalized spacial score (nSPS) is 12.2. The molecule has 6 nitrogen and oxygen atoms in total. The van der Waals surface area contributed by atoms with Crippen molar-refractivity contribution < 1.29 is 14.3 Å². The zero-order chi connectivity index (χ0) is 17.9. The molecule has 0 aliphatic carbocycles. The molecule has 1 unspecified atom stereocenters. The van der Waals surface area contributed by atoms with Crippen molar-refractivity contribution in [2.24, 2.45) is 0 Å². The fourth-order valence-corrected chi connectivity index (χ4v) is 2.13. The van der Waals surface area contributed by atoms with Gasteiger partial charge in [-0.15, -0.1) is 0 Å². The van der Waals surface area contributed by atoms with Gasteiger partial charge in [0.25, 0.3) is 5.91 Å². The van der Waals surface area contributed by atoms with Gasteiger partial charge in [0.15, 0.2) is 0 Å². The van der Waals surface area contributed by atoms with E-state index in [2.05, 4.69) is 10.6 Å². The molecular formula is C18H25N3O3. The number of hydrogen-bond donors (Lipinski definition) is 2. The van der Waals surface area contributed by atoms with Crippen molar-refractivity contribution in [1.82, 2.24) is 10.6 Å². The van der Waals surface area contributed by atoms with E-state index in [1.54, 1.807) is 7.11 Å². The Morgan fingerprint density at radius 3 is 2.83 bits per heavy atom. The maximum absolute atomic E-state index is 12.3. The molecule has 1 aromatic rings. The summed E-state index contributed by atoms with van der Waals surface area (Å²) in [6, 6.07) is 7.45. The smallest absolute Gasteiger partial charge is 0.263 e. The van der Waals surface area contributed by atoms with E-state index in [4.69, 9.17) is 14.7 Å². The number of amides is 1. The van der Waals surface area contributed by atoms with Crippen LogP contribution in [0, 0.1) is 18.3 Å². The molecule has 2 N–H and O–H groups in total. The number of nitrogens with zero attached hydrogens (tertiary/aromatic N) is 1. The van der Waals surface area contributed by atoms with Crippen LogP contribution in [-0.2, 0) is 9.53 Å². The number of benzene rings is 1. The molecule has 0 fully saturated rings. The molecule has 0 spiro atoms. The molecule has 1 aromatic carbocycles. The second-order valence-corrected chi connectivity index (χ2v) is 5.29. The average Bonchev–Trinajstić information content (AvgIpc) is 2.56. The second-order valence-electron chi connectivity index (χ2n) is 5.29. The summed E-state index contributed by atoms with van der Waals surface area (Å²) in [5.74, 6) is 0.301. The molecule has 0 radical (unpaired) electrons. The Kier molecular flexibility index (Phi) is 8.37. The van der Waals surface area contributed by atoms with E-state index >= 15 is 0 Å². The molecule has 1 rings (SSSR count). The van der Waals surface area contributed by atoms with Crippen LogP contribution in [-0.4, -0.2) is 32.8 Å². The van der Waals surface area contributed by atoms with E-state index in [9.17, 15) is 4.79 Å². The van der Waals surface area contributed by atoms with Crippen molar-refractivity contribution in [3.05, 3.63) is 41.1 Å². The van der Waals surface area contributed by atoms with Gasteiger partial charge >= 0.3 is 0 Å². The third kappa shape index (κ3) is 5.94. The van der Waals surface area contributed by atoms with Crippen molar-refractivity contribution in [2.75, 3.05) is 26.9 Å². The highest BCUT2D eigenvalue weighted by Crippen LogP contribution is 2.26. The molecular weight excluding hydrogens is 306 g/mol. The lowest BCUT2D eigenvalue weighted by atomic mass is 10.0. The highest BCUT2D eigenvalue weighted by Gasteiger charge is 2.17. The molecule has 130 valence electrons. The molecule has 0 bridgehead atoms. The van der Waals surface area contributed by atoms with Gasteiger partial charge in [-0.1, -0.05) is 17.7 Å². The van der Waals surface area contributed by atoms with E-state index in [-0.39, 0.29) is 11.6 Å². The van der Waals surface area contributed by atoms with Gasteiger partial charge in [-0.2, -0.15) is 5.26 Å². The van der Waals surface area contributed by atoms with Crippen LogP contribution in [0.15, 0.2) is 30.0 Å². The summed E-state index contributed by atoms with van der Waals surface area (Å²) >= 11 is 0. The Bertz CT molecular complexity index is 620. The Hall–Kier alpha value is -2.52. The average molecular weight is 331 g/mol. The van der Waals surface area contributed by atoms with Crippen molar-refractivity contribution in [2.45, 2.75) is 26.8 Å². The molecule has 0 aromatic heterocycles. The topological polar surface area (TPSA) is 83.4 Å². The van der Waals surface area contributed by atoms with Gasteiger partial charge in [0, 0.05) is 25.4 Å². The number of methoxy groups -OCH3 is 1. The zero-order valence-corrected chi connectivity index (χ0v) is 14.7. The second kappa shape index (κ2) is 10.3. The first-order chi connectivity index (χ1) is 11.5. The van der Waals surface area contributed by atoms with Crippen LogP contribution in [0.2, 0.25) is 0 Å². The number of nitriles is 1. The van der Waals surface area contributed by atoms with Gasteiger partial charge in [0.1, 0.15) is 17.4 Å². The largest absolute Gasteiger partial charge is 0.494 e. The van der Waals surface area contributed by atoms with Crippen LogP contribution >= 0.6 is 0 Å². The summed E-state index contributed by atoms with van der Waals surface area (Å²) in [6.45, 7) is 7.32. The van der Waals surface area contributed by atoms with Crippen LogP contribution in [0.5, 0.6) is 5.75 Å². The van der Waals surface area contributed by atoms with E-state index in [0.29, 0.717) is 19.8 Å². The van der Waals surface area contributed by atoms with E-state index in [1.807, 2.05) is 45.0 Å². The summed E-state index contributed by atoms with van der Waals surface area (Å²) in [6.07, 6.45) is 1.40. The first-order valence-corrected chi connectivity index (χ1v) is 7.90. The predicted molar refractivity (Wildman–Crippen MR) is 92.5 cm³/mol. The fraction of sp³-hybridized carbons (Fsp3) is 0.444. The quantitative estimate of drug-likeness (QED) is 0.412. The van der Waals surface area contributed by atoms with Crippen LogP contribution in [0.4, 0.5) is 0 Å². The minimum Gasteiger partial charge on any atom is -0.494 e. The van der Waals surface area contributed by atoms with Crippen LogP contribution in [0.1, 0.15) is 31.0 Å². The minimum atomic E-state index is -0.432. The zero-order valence-electron chi connectivity index (χ0n) is 14.7. The molecule has 1 atom stereocenters. The first kappa shape index (κ1) is 19.5. The number of nitrogens with one attached hydrogen (secondary N) is 2. The van der Waals surface area contributed by atoms with Crippen molar-refractivity contribution in [1.29, 1.82) is 5.26 Å². The molecule has 0 saturated carbocycles. The number of hydrogen-bond acceptors (Lipinski definition) is 5. The van der Waals surface area contributed by atoms with Gasteiger partial charge in [0.2, 0.25) is 0 Å². The van der Waals surface area contributed by atoms with E-state index in [1.165, 1.54) is 6.20 Å². The highest BCUT2D eigenvalue weighted by atomic mass is 16.5. The van der Waals surface area contributed by atoms with Crippen LogP contribution < -0.4 is 15.4 Å². The Balaban J connectivity index is 2.82.